The molecule has 3 heteroatoms. The van der Waals surface area contributed by atoms with Gasteiger partial charge in [0.1, 0.15) is 6.07 Å². The molecule has 2 rings (SSSR count). The predicted molar refractivity (Wildman–Crippen MR) is 78.7 cm³/mol. The maximum absolute atomic E-state index is 9.25. The third kappa shape index (κ3) is 2.40. The van der Waals surface area contributed by atoms with Crippen molar-refractivity contribution >= 4 is 21.6 Å². The smallest absolute Gasteiger partial charge is 0.101 e. The third-order valence-electron chi connectivity index (χ3n) is 4.36. The zero-order chi connectivity index (χ0) is 13.2. The van der Waals surface area contributed by atoms with Crippen LogP contribution in [0.2, 0.25) is 0 Å². The molecule has 0 aromatic heterocycles. The van der Waals surface area contributed by atoms with Gasteiger partial charge in [-0.05, 0) is 42.9 Å². The Balaban J connectivity index is 2.27. The molecule has 0 N–H and O–H groups in total. The first-order chi connectivity index (χ1) is 8.64. The summed E-state index contributed by atoms with van der Waals surface area (Å²) >= 11 is 3.43. The molecule has 1 aliphatic rings. The lowest BCUT2D eigenvalue weighted by atomic mass is 9.82. The minimum Gasteiger partial charge on any atom is -0.370 e. The Hall–Kier alpha value is -1.01. The maximum atomic E-state index is 9.25. The normalized spacial score (nSPS) is 17.8. The number of halogens is 1. The highest BCUT2D eigenvalue weighted by Gasteiger charge is 2.35. The van der Waals surface area contributed by atoms with E-state index in [2.05, 4.69) is 46.8 Å². The summed E-state index contributed by atoms with van der Waals surface area (Å²) in [5.41, 5.74) is 2.30. The van der Waals surface area contributed by atoms with Gasteiger partial charge in [-0.1, -0.05) is 29.8 Å². The second-order valence-corrected chi connectivity index (χ2v) is 6.07. The van der Waals surface area contributed by atoms with Gasteiger partial charge in [0.15, 0.2) is 0 Å². The Morgan fingerprint density at radius 3 is 2.67 bits per heavy atom. The Bertz CT molecular complexity index is 472. The summed E-state index contributed by atoms with van der Waals surface area (Å²) in [4.78, 5) is 2.37. The number of rotatable bonds is 3. The summed E-state index contributed by atoms with van der Waals surface area (Å²) < 4.78 is 0.972. The Morgan fingerprint density at radius 1 is 1.39 bits per heavy atom. The van der Waals surface area contributed by atoms with Gasteiger partial charge in [-0.3, -0.25) is 0 Å². The van der Waals surface area contributed by atoms with Crippen LogP contribution in [0.4, 0.5) is 5.69 Å². The largest absolute Gasteiger partial charge is 0.370 e. The SMILES string of the molecule is CCC1(CC)CCN(c2ccc(Br)cc2C#N)C1. The molecule has 0 unspecified atom stereocenters. The van der Waals surface area contributed by atoms with Gasteiger partial charge in [0, 0.05) is 17.6 Å². The summed E-state index contributed by atoms with van der Waals surface area (Å²) in [6.07, 6.45) is 3.68. The van der Waals surface area contributed by atoms with E-state index in [0.29, 0.717) is 5.41 Å². The monoisotopic (exact) mass is 306 g/mol. The second-order valence-electron chi connectivity index (χ2n) is 5.15. The standard InChI is InChI=1S/C15H19BrN2/c1-3-15(4-2)7-8-18(11-15)14-6-5-13(16)9-12(14)10-17/h5-6,9H,3-4,7-8,11H2,1-2H3. The van der Waals surface area contributed by atoms with E-state index in [-0.39, 0.29) is 0 Å². The zero-order valence-corrected chi connectivity index (χ0v) is 12.6. The molecular weight excluding hydrogens is 288 g/mol. The van der Waals surface area contributed by atoms with Gasteiger partial charge in [-0.25, -0.2) is 0 Å². The van der Waals surface area contributed by atoms with Crippen LogP contribution in [0.25, 0.3) is 0 Å². The first-order valence-corrected chi connectivity index (χ1v) is 7.38. The lowest BCUT2D eigenvalue weighted by Crippen LogP contribution is -2.26. The molecular formula is C15H19BrN2. The fourth-order valence-corrected chi connectivity index (χ4v) is 3.20. The highest BCUT2D eigenvalue weighted by molar-refractivity contribution is 9.10. The first-order valence-electron chi connectivity index (χ1n) is 6.59. The molecule has 1 fully saturated rings. The summed E-state index contributed by atoms with van der Waals surface area (Å²) in [5.74, 6) is 0. The lowest BCUT2D eigenvalue weighted by molar-refractivity contribution is 0.301. The third-order valence-corrected chi connectivity index (χ3v) is 4.85. The van der Waals surface area contributed by atoms with E-state index in [1.165, 1.54) is 19.3 Å². The molecule has 1 aliphatic heterocycles. The molecule has 1 aromatic rings. The minimum absolute atomic E-state index is 0.444. The van der Waals surface area contributed by atoms with Gasteiger partial charge in [-0.2, -0.15) is 5.26 Å². The molecule has 1 saturated heterocycles. The predicted octanol–water partition coefficient (Wildman–Crippen LogP) is 4.34. The molecule has 0 amide bonds. The van der Waals surface area contributed by atoms with Crippen LogP contribution in [0.5, 0.6) is 0 Å². The highest BCUT2D eigenvalue weighted by atomic mass is 79.9. The van der Waals surface area contributed by atoms with Gasteiger partial charge in [-0.15, -0.1) is 0 Å². The van der Waals surface area contributed by atoms with Gasteiger partial charge < -0.3 is 4.90 Å². The molecule has 0 aliphatic carbocycles. The van der Waals surface area contributed by atoms with E-state index in [9.17, 15) is 5.26 Å². The fourth-order valence-electron chi connectivity index (χ4n) is 2.84. The van der Waals surface area contributed by atoms with Crippen molar-refractivity contribution in [3.8, 4) is 6.07 Å². The Labute approximate surface area is 118 Å². The Morgan fingerprint density at radius 2 is 2.11 bits per heavy atom. The van der Waals surface area contributed by atoms with E-state index < -0.39 is 0 Å². The van der Waals surface area contributed by atoms with Crippen LogP contribution in [0.3, 0.4) is 0 Å². The number of benzene rings is 1. The zero-order valence-electron chi connectivity index (χ0n) is 11.0. The topological polar surface area (TPSA) is 27.0 Å². The van der Waals surface area contributed by atoms with E-state index in [4.69, 9.17) is 0 Å². The van der Waals surface area contributed by atoms with Crippen molar-refractivity contribution < 1.29 is 0 Å². The quantitative estimate of drug-likeness (QED) is 0.830. The van der Waals surface area contributed by atoms with E-state index >= 15 is 0 Å². The molecule has 18 heavy (non-hydrogen) atoms. The minimum atomic E-state index is 0.444. The van der Waals surface area contributed by atoms with Crippen molar-refractivity contribution in [1.82, 2.24) is 0 Å². The molecule has 1 heterocycles. The average Bonchev–Trinajstić information content (AvgIpc) is 2.83. The van der Waals surface area contributed by atoms with Crippen LogP contribution in [0, 0.1) is 16.7 Å². The molecule has 2 nitrogen and oxygen atoms in total. The second kappa shape index (κ2) is 5.32. The van der Waals surface area contributed by atoms with Crippen molar-refractivity contribution in [2.75, 3.05) is 18.0 Å². The van der Waals surface area contributed by atoms with Crippen molar-refractivity contribution in [2.24, 2.45) is 5.41 Å². The molecule has 0 bridgehead atoms. The van der Waals surface area contributed by atoms with Crippen LogP contribution in [-0.4, -0.2) is 13.1 Å². The van der Waals surface area contributed by atoms with Crippen LogP contribution in [0.15, 0.2) is 22.7 Å². The van der Waals surface area contributed by atoms with Crippen LogP contribution >= 0.6 is 15.9 Å². The van der Waals surface area contributed by atoms with Crippen molar-refractivity contribution in [3.63, 3.8) is 0 Å². The number of nitriles is 1. The van der Waals surface area contributed by atoms with E-state index in [1.54, 1.807) is 0 Å². The molecule has 0 radical (unpaired) electrons. The lowest BCUT2D eigenvalue weighted by Gasteiger charge is -2.27. The van der Waals surface area contributed by atoms with Gasteiger partial charge in [0.05, 0.1) is 11.3 Å². The van der Waals surface area contributed by atoms with Crippen molar-refractivity contribution in [2.45, 2.75) is 33.1 Å². The number of hydrogen-bond acceptors (Lipinski definition) is 2. The van der Waals surface area contributed by atoms with Crippen LogP contribution < -0.4 is 4.90 Å². The van der Waals surface area contributed by atoms with Crippen LogP contribution in [-0.2, 0) is 0 Å². The molecule has 0 atom stereocenters. The van der Waals surface area contributed by atoms with Gasteiger partial charge >= 0.3 is 0 Å². The first kappa shape index (κ1) is 13.4. The fraction of sp³-hybridized carbons (Fsp3) is 0.533. The highest BCUT2D eigenvalue weighted by Crippen LogP contribution is 2.40. The summed E-state index contributed by atoms with van der Waals surface area (Å²) in [7, 11) is 0. The van der Waals surface area contributed by atoms with Gasteiger partial charge in [0.25, 0.3) is 0 Å². The molecule has 1 aromatic carbocycles. The van der Waals surface area contributed by atoms with E-state index in [0.717, 1.165) is 28.8 Å². The summed E-state index contributed by atoms with van der Waals surface area (Å²) in [5, 5.41) is 9.25. The Kier molecular flexibility index (Phi) is 3.97. The molecule has 0 spiro atoms. The molecule has 0 saturated carbocycles. The van der Waals surface area contributed by atoms with Crippen molar-refractivity contribution in [1.29, 1.82) is 5.26 Å². The van der Waals surface area contributed by atoms with Crippen LogP contribution in [0.1, 0.15) is 38.7 Å². The maximum Gasteiger partial charge on any atom is 0.101 e. The average molecular weight is 307 g/mol. The van der Waals surface area contributed by atoms with Gasteiger partial charge in [0.2, 0.25) is 0 Å². The number of nitrogens with zero attached hydrogens (tertiary/aromatic N) is 2. The number of hydrogen-bond donors (Lipinski definition) is 0. The summed E-state index contributed by atoms with van der Waals surface area (Å²) in [6.45, 7) is 6.70. The molecule has 96 valence electrons. The van der Waals surface area contributed by atoms with E-state index in [1.807, 2.05) is 12.1 Å². The van der Waals surface area contributed by atoms with Crippen molar-refractivity contribution in [3.05, 3.63) is 28.2 Å². The number of anilines is 1. The summed E-state index contributed by atoms with van der Waals surface area (Å²) in [6, 6.07) is 8.30.